The Morgan fingerprint density at radius 1 is 0.621 bits per heavy atom. The predicted molar refractivity (Wildman–Crippen MR) is 99.1 cm³/mol. The van der Waals surface area contributed by atoms with Crippen LogP contribution in [0.15, 0.2) is 12.1 Å². The van der Waals surface area contributed by atoms with Gasteiger partial charge in [-0.1, -0.05) is 6.07 Å². The Bertz CT molecular complexity index is 561. The summed E-state index contributed by atoms with van der Waals surface area (Å²) in [6.45, 7) is 3.46. The van der Waals surface area contributed by atoms with E-state index in [1.54, 1.807) is 0 Å². The Morgan fingerprint density at radius 2 is 0.897 bits per heavy atom. The fraction of sp³-hybridized carbons (Fsp3) is 0.412. The number of hydrogen-bond acceptors (Lipinski definition) is 8. The maximum atomic E-state index is 9.29. The molecule has 29 heavy (non-hydrogen) atoms. The Balaban J connectivity index is -0.000000162. The Hall–Kier alpha value is -3.22. The van der Waals surface area contributed by atoms with Crippen molar-refractivity contribution in [3.63, 3.8) is 0 Å². The highest BCUT2D eigenvalue weighted by Crippen LogP contribution is 2.24. The second kappa shape index (κ2) is 21.1. The zero-order valence-corrected chi connectivity index (χ0v) is 16.5. The average Bonchev–Trinajstić information content (AvgIpc) is 2.52. The third-order valence-electron chi connectivity index (χ3n) is 1.99. The molecule has 0 atom stereocenters. The van der Waals surface area contributed by atoms with Gasteiger partial charge < -0.3 is 40.9 Å². The van der Waals surface area contributed by atoms with E-state index in [4.69, 9.17) is 54.9 Å². The van der Waals surface area contributed by atoms with Crippen LogP contribution in [0.4, 0.5) is 0 Å². The van der Waals surface area contributed by atoms with Gasteiger partial charge in [0.2, 0.25) is 0 Å². The van der Waals surface area contributed by atoms with Crippen molar-refractivity contribution < 1.29 is 60.0 Å². The smallest absolute Gasteiger partial charge is 0.300 e. The van der Waals surface area contributed by atoms with Crippen molar-refractivity contribution in [1.29, 1.82) is 0 Å². The van der Waals surface area contributed by atoms with Gasteiger partial charge in [0.15, 0.2) is 0 Å². The van der Waals surface area contributed by atoms with Crippen LogP contribution in [-0.2, 0) is 39.0 Å². The summed E-state index contributed by atoms with van der Waals surface area (Å²) in [6.07, 6.45) is 0. The van der Waals surface area contributed by atoms with Gasteiger partial charge in [-0.25, -0.2) is 0 Å². The number of carboxylic acids is 4. The van der Waals surface area contributed by atoms with Crippen LogP contribution >= 0.6 is 0 Å². The van der Waals surface area contributed by atoms with Gasteiger partial charge in [0.25, 0.3) is 23.9 Å². The van der Waals surface area contributed by atoms with E-state index in [1.807, 2.05) is 0 Å². The first kappa shape index (κ1) is 33.4. The second-order valence-electron chi connectivity index (χ2n) is 4.75. The zero-order valence-electron chi connectivity index (χ0n) is 16.5. The molecule has 0 saturated carbocycles. The van der Waals surface area contributed by atoms with Crippen LogP contribution in [0.3, 0.4) is 0 Å². The normalized spacial score (nSPS) is 8.10. The minimum Gasteiger partial charge on any atom is -0.508 e. The molecule has 12 heteroatoms. The summed E-state index contributed by atoms with van der Waals surface area (Å²) >= 11 is 0. The zero-order chi connectivity index (χ0) is 24.2. The fourth-order valence-electron chi connectivity index (χ4n) is 1.25. The topological polar surface area (TPSA) is 230 Å². The third-order valence-corrected chi connectivity index (χ3v) is 1.99. The Kier molecular flexibility index (Phi) is 24.3. The van der Waals surface area contributed by atoms with Gasteiger partial charge in [-0.15, -0.1) is 0 Å². The molecule has 8 N–H and O–H groups in total. The minimum absolute atomic E-state index is 0.0660. The van der Waals surface area contributed by atoms with Crippen molar-refractivity contribution in [2.24, 2.45) is 0 Å². The molecule has 0 aliphatic rings. The van der Waals surface area contributed by atoms with Gasteiger partial charge in [0.1, 0.15) is 5.75 Å². The SMILES string of the molecule is CC(=O)O.CC(=O)O.CC(=O)O.CC(=O)O.OCc1ccc(O)c(CO)c1CO. The lowest BCUT2D eigenvalue weighted by molar-refractivity contribution is -0.135. The van der Waals surface area contributed by atoms with Gasteiger partial charge in [0, 0.05) is 33.3 Å². The summed E-state index contributed by atoms with van der Waals surface area (Å²) in [5.41, 5.74) is 1.18. The third kappa shape index (κ3) is 32.9. The summed E-state index contributed by atoms with van der Waals surface area (Å²) in [5, 5.41) is 65.7. The molecule has 0 amide bonds. The number of hydrogen-bond donors (Lipinski definition) is 8. The molecule has 0 aliphatic carbocycles. The van der Waals surface area contributed by atoms with E-state index in [1.165, 1.54) is 12.1 Å². The van der Waals surface area contributed by atoms with Crippen molar-refractivity contribution in [2.75, 3.05) is 0 Å². The molecule has 0 spiro atoms. The lowest BCUT2D eigenvalue weighted by Crippen LogP contribution is -2.00. The maximum Gasteiger partial charge on any atom is 0.300 e. The van der Waals surface area contributed by atoms with Crippen LogP contribution in [0.2, 0.25) is 0 Å². The highest BCUT2D eigenvalue weighted by Gasteiger charge is 2.10. The van der Waals surface area contributed by atoms with E-state index in [2.05, 4.69) is 0 Å². The Morgan fingerprint density at radius 3 is 1.10 bits per heavy atom. The van der Waals surface area contributed by atoms with Crippen LogP contribution in [-0.4, -0.2) is 64.7 Å². The van der Waals surface area contributed by atoms with Crippen molar-refractivity contribution in [1.82, 2.24) is 0 Å². The van der Waals surface area contributed by atoms with E-state index >= 15 is 0 Å². The number of phenols is 1. The van der Waals surface area contributed by atoms with Crippen molar-refractivity contribution in [3.8, 4) is 5.75 Å². The molecular formula is C17H28O12. The van der Waals surface area contributed by atoms with Crippen molar-refractivity contribution in [3.05, 3.63) is 28.8 Å². The molecule has 0 bridgehead atoms. The van der Waals surface area contributed by atoms with Crippen LogP contribution in [0.25, 0.3) is 0 Å². The van der Waals surface area contributed by atoms with Gasteiger partial charge in [-0.3, -0.25) is 19.2 Å². The van der Waals surface area contributed by atoms with E-state index < -0.39 is 23.9 Å². The first-order valence-corrected chi connectivity index (χ1v) is 7.60. The number of aromatic hydroxyl groups is 1. The number of rotatable bonds is 3. The fourth-order valence-corrected chi connectivity index (χ4v) is 1.25. The highest BCUT2D eigenvalue weighted by atomic mass is 16.4. The monoisotopic (exact) mass is 424 g/mol. The quantitative estimate of drug-likeness (QED) is 0.326. The number of carbonyl (C=O) groups is 4. The molecule has 0 saturated heterocycles. The molecule has 12 nitrogen and oxygen atoms in total. The second-order valence-corrected chi connectivity index (χ2v) is 4.75. The first-order chi connectivity index (χ1) is 13.2. The molecule has 0 radical (unpaired) electrons. The molecule has 0 unspecified atom stereocenters. The standard InChI is InChI=1S/C9H12O4.4C2H4O2/c10-3-6-1-2-9(13)8(5-12)7(6)4-11;4*1-2(3)4/h1-2,10-13H,3-5H2;4*1H3,(H,3,4). The molecule has 0 fully saturated rings. The van der Waals surface area contributed by atoms with Crippen molar-refractivity contribution >= 4 is 23.9 Å². The molecule has 1 aromatic carbocycles. The molecule has 0 heterocycles. The molecule has 0 aliphatic heterocycles. The summed E-state index contributed by atoms with van der Waals surface area (Å²) in [4.78, 5) is 36.0. The van der Waals surface area contributed by atoms with E-state index in [0.29, 0.717) is 11.1 Å². The van der Waals surface area contributed by atoms with Crippen molar-refractivity contribution in [2.45, 2.75) is 47.5 Å². The summed E-state index contributed by atoms with van der Waals surface area (Å²) in [7, 11) is 0. The van der Waals surface area contributed by atoms with Gasteiger partial charge in [-0.05, 0) is 17.2 Å². The molecule has 0 aromatic heterocycles. The highest BCUT2D eigenvalue weighted by molar-refractivity contribution is 5.63. The van der Waals surface area contributed by atoms with Crippen LogP contribution in [0.5, 0.6) is 5.75 Å². The average molecular weight is 424 g/mol. The molecular weight excluding hydrogens is 396 g/mol. The number of carboxylic acid groups (broad SMARTS) is 4. The molecule has 168 valence electrons. The maximum absolute atomic E-state index is 9.29. The lowest BCUT2D eigenvalue weighted by Gasteiger charge is -2.11. The van der Waals surface area contributed by atoms with Crippen LogP contribution < -0.4 is 0 Å². The van der Waals surface area contributed by atoms with Gasteiger partial charge >= 0.3 is 0 Å². The lowest BCUT2D eigenvalue weighted by atomic mass is 10.0. The van der Waals surface area contributed by atoms with Crippen LogP contribution in [0.1, 0.15) is 44.4 Å². The number of aliphatic carboxylic acids is 4. The number of aliphatic hydroxyl groups excluding tert-OH is 3. The Labute approximate surface area is 166 Å². The van der Waals surface area contributed by atoms with Gasteiger partial charge in [-0.2, -0.15) is 0 Å². The number of benzene rings is 1. The minimum atomic E-state index is -0.833. The summed E-state index contributed by atoms with van der Waals surface area (Å²) < 4.78 is 0. The first-order valence-electron chi connectivity index (χ1n) is 7.60. The van der Waals surface area contributed by atoms with E-state index in [0.717, 1.165) is 27.7 Å². The predicted octanol–water partition coefficient (Wildman–Crippen LogP) is 0.233. The summed E-state index contributed by atoms with van der Waals surface area (Å²) in [5.74, 6) is -3.40. The molecule has 1 aromatic rings. The van der Waals surface area contributed by atoms with Crippen LogP contribution in [0, 0.1) is 0 Å². The largest absolute Gasteiger partial charge is 0.508 e. The van der Waals surface area contributed by atoms with E-state index in [9.17, 15) is 5.11 Å². The van der Waals surface area contributed by atoms with Gasteiger partial charge in [0.05, 0.1) is 19.8 Å². The summed E-state index contributed by atoms with van der Waals surface area (Å²) in [6, 6.07) is 2.90. The van der Waals surface area contributed by atoms with E-state index in [-0.39, 0.29) is 31.1 Å². The number of aliphatic hydroxyl groups is 3. The molecule has 1 rings (SSSR count).